The maximum absolute atomic E-state index is 15.4. The van der Waals surface area contributed by atoms with Gasteiger partial charge in [-0.3, -0.25) is 0 Å². The Bertz CT molecular complexity index is 5400. The fraction of sp³-hybridized carbons (Fsp3) is 0.0250. The molecule has 0 saturated heterocycles. The summed E-state index contributed by atoms with van der Waals surface area (Å²) in [5, 5.41) is 0. The number of hydrogen-bond donors (Lipinski definition) is 0. The highest BCUT2D eigenvalue weighted by atomic mass is 127. The van der Waals surface area contributed by atoms with Crippen LogP contribution in [0.1, 0.15) is 16.7 Å². The summed E-state index contributed by atoms with van der Waals surface area (Å²) in [6.45, 7) is 2.22. The third-order valence-corrected chi connectivity index (χ3v) is 24.5. The molecule has 13 aromatic carbocycles. The smallest absolute Gasteiger partial charge is 0.207 e. The summed E-state index contributed by atoms with van der Waals surface area (Å²) in [6.07, 6.45) is -13.5. The van der Waals surface area contributed by atoms with Gasteiger partial charge in [-0.1, -0.05) is 78.9 Å². The van der Waals surface area contributed by atoms with E-state index >= 15 is 70.2 Å². The average molecular weight is 1930 g/mol. The molecule has 0 atom stereocenters. The topological polar surface area (TPSA) is 0 Å². The van der Waals surface area contributed by atoms with E-state index in [4.69, 9.17) is 0 Å². The van der Waals surface area contributed by atoms with Gasteiger partial charge < -0.3 is 0 Å². The van der Waals surface area contributed by atoms with Gasteiger partial charge in [-0.25, -0.2) is 176 Å². The van der Waals surface area contributed by atoms with Crippen molar-refractivity contribution >= 4 is 66.9 Å². The van der Waals surface area contributed by atoms with Gasteiger partial charge in [0.1, 0.15) is 105 Å². The van der Waals surface area contributed by atoms with E-state index in [0.717, 1.165) is 6.42 Å². The molecular weight excluding hydrogens is 1900 g/mol. The van der Waals surface area contributed by atoms with Crippen LogP contribution in [0.25, 0.3) is 0 Å². The van der Waals surface area contributed by atoms with Gasteiger partial charge in [-0.05, 0) is 79.1 Å². The molecule has 0 unspecified atom stereocenters. The molecule has 0 spiro atoms. The lowest BCUT2D eigenvalue weighted by molar-refractivity contribution is -0.598. The summed E-state index contributed by atoms with van der Waals surface area (Å²) in [5.74, 6) is -143. The molecular formula is C80H27B2F40IS. The van der Waals surface area contributed by atoms with Crippen LogP contribution in [0.4, 0.5) is 176 Å². The van der Waals surface area contributed by atoms with Crippen molar-refractivity contribution in [2.24, 2.45) is 0 Å². The highest BCUT2D eigenvalue weighted by Crippen LogP contribution is 2.37. The number of benzene rings is 13. The first-order chi connectivity index (χ1) is 58.2. The second-order valence-corrected chi connectivity index (χ2v) is 30.8. The number of aryl methyl sites for hydroxylation is 1. The molecule has 0 bridgehead atoms. The summed E-state index contributed by atoms with van der Waals surface area (Å²) < 4.78 is 591. The molecule has 646 valence electrons. The van der Waals surface area contributed by atoms with Gasteiger partial charge in [-0.2, -0.15) is 0 Å². The Morgan fingerprint density at radius 1 is 0.185 bits per heavy atom. The molecule has 13 rings (SSSR count). The lowest BCUT2D eigenvalue weighted by Gasteiger charge is -2.44. The van der Waals surface area contributed by atoms with Gasteiger partial charge in [0.2, 0.25) is 0 Å². The molecule has 13 aromatic rings. The van der Waals surface area contributed by atoms with Crippen LogP contribution in [0.2, 0.25) is 0 Å². The summed E-state index contributed by atoms with van der Waals surface area (Å²) in [7, 11) is -0.0904. The monoisotopic (exact) mass is 1930 g/mol. The molecule has 0 aliphatic rings. The van der Waals surface area contributed by atoms with Crippen LogP contribution < -0.4 is 64.9 Å². The zero-order chi connectivity index (χ0) is 91.9. The maximum Gasteiger partial charge on any atom is 0.358 e. The van der Waals surface area contributed by atoms with E-state index in [1.807, 2.05) is 0 Å². The Hall–Kier alpha value is -11.7. The van der Waals surface area contributed by atoms with Crippen molar-refractivity contribution in [3.63, 3.8) is 0 Å². The van der Waals surface area contributed by atoms with Gasteiger partial charge in [0.25, 0.3) is 0 Å². The first-order valence-corrected chi connectivity index (χ1v) is 36.7. The van der Waals surface area contributed by atoms with Crippen LogP contribution >= 0.6 is 0 Å². The molecule has 124 heavy (non-hydrogen) atoms. The van der Waals surface area contributed by atoms with Crippen molar-refractivity contribution in [3.8, 4) is 0 Å². The van der Waals surface area contributed by atoms with E-state index in [9.17, 15) is 105 Å². The molecule has 0 heterocycles. The van der Waals surface area contributed by atoms with E-state index in [2.05, 4.69) is 140 Å². The average Bonchev–Trinajstić information content (AvgIpc) is 0.684. The van der Waals surface area contributed by atoms with E-state index in [-0.39, 0.29) is 32.1 Å². The van der Waals surface area contributed by atoms with Gasteiger partial charge in [0, 0.05) is 5.56 Å². The van der Waals surface area contributed by atoms with Crippen LogP contribution in [0.3, 0.4) is 0 Å². The van der Waals surface area contributed by atoms with Gasteiger partial charge in [0.15, 0.2) is 161 Å². The van der Waals surface area contributed by atoms with Crippen molar-refractivity contribution in [2.45, 2.75) is 28.0 Å². The maximum atomic E-state index is 15.4. The highest BCUT2D eigenvalue weighted by molar-refractivity contribution is 7.97. The van der Waals surface area contributed by atoms with Crippen LogP contribution in [-0.2, 0) is 17.3 Å². The zero-order valence-corrected chi connectivity index (χ0v) is 62.4. The summed E-state index contributed by atoms with van der Waals surface area (Å²) in [4.78, 5) is 4.07. The molecule has 0 aliphatic carbocycles. The minimum absolute atomic E-state index is 0.0904. The van der Waals surface area contributed by atoms with Crippen LogP contribution in [0.5, 0.6) is 0 Å². The largest absolute Gasteiger partial charge is 0.358 e. The van der Waals surface area contributed by atoms with Crippen molar-refractivity contribution in [2.75, 3.05) is 0 Å². The molecule has 0 aromatic heterocycles. The first-order valence-electron chi connectivity index (χ1n) is 33.4. The molecule has 0 radical (unpaired) electrons. The zero-order valence-electron chi connectivity index (χ0n) is 59.5. The van der Waals surface area contributed by atoms with Gasteiger partial charge >= 0.3 is 21.2 Å². The van der Waals surface area contributed by atoms with Crippen LogP contribution in [-0.4, -0.2) is 12.3 Å². The molecule has 0 saturated carbocycles. The Labute approximate surface area is 678 Å². The molecule has 0 N–H and O–H groups in total. The van der Waals surface area contributed by atoms with Crippen molar-refractivity contribution in [1.82, 2.24) is 0 Å². The lowest BCUT2D eigenvalue weighted by Crippen LogP contribution is -3.61. The van der Waals surface area contributed by atoms with Crippen molar-refractivity contribution in [1.29, 1.82) is 0 Å². The van der Waals surface area contributed by atoms with E-state index in [1.54, 1.807) is 0 Å². The predicted molar refractivity (Wildman–Crippen MR) is 358 cm³/mol. The Kier molecular flexibility index (Phi) is 26.6. The molecule has 0 aliphatic heterocycles. The molecule has 44 heteroatoms. The highest BCUT2D eigenvalue weighted by Gasteiger charge is 2.55. The van der Waals surface area contributed by atoms with Crippen molar-refractivity contribution in [3.05, 3.63) is 390 Å². The Morgan fingerprint density at radius 2 is 0.347 bits per heavy atom. The minimum Gasteiger partial charge on any atom is -0.207 e. The molecule has 0 fully saturated rings. The second kappa shape index (κ2) is 35.5. The van der Waals surface area contributed by atoms with Gasteiger partial charge in [-0.15, -0.1) is 43.7 Å². The Morgan fingerprint density at radius 3 is 0.540 bits per heavy atom. The fourth-order valence-electron chi connectivity index (χ4n) is 13.7. The minimum atomic E-state index is -7.22. The second-order valence-electron chi connectivity index (χ2n) is 25.8. The lowest BCUT2D eigenvalue weighted by atomic mass is 9.12. The Balaban J connectivity index is 0.000000183. The van der Waals surface area contributed by atoms with Crippen LogP contribution in [0, 0.1) is 247 Å². The normalized spacial score (nSPS) is 11.7. The third-order valence-electron chi connectivity index (χ3n) is 19.1. The third kappa shape index (κ3) is 15.1. The van der Waals surface area contributed by atoms with Gasteiger partial charge in [0.05, 0.1) is 10.9 Å². The summed E-state index contributed by atoms with van der Waals surface area (Å²) in [6, 6.07) is 49.0. The SMILES string of the molecule is Cc1ccccc1[I+]c1ccc(Cc2ccc([S+](c3ccccc3)c3ccccc3)cc2)cc1.Fc1c(F)c(F)c([B-](c2c(F)c(F)c(F)c(F)c2F)(c2c(F)c(F)c(F)c(F)c2F)c2c(F)c(F)c(F)c(F)c2F)c(F)c1F.Fc1c(F)c(F)c([B-](c2c(F)c(F)c(F)c(F)c2F)(c2c(F)c(F)c(F)c(F)c2F)c2c(F)c(F)c(F)c(F)c2F)c(F)c1F. The summed E-state index contributed by atoms with van der Waals surface area (Å²) >= 11 is -0.122. The number of halogens is 41. The van der Waals surface area contributed by atoms with E-state index < -0.39 is 289 Å². The van der Waals surface area contributed by atoms with E-state index in [0.29, 0.717) is 0 Å². The number of rotatable bonds is 15. The standard InChI is InChI=1S/C32H27IS.2C24BF20/c1-25-10-8-9-15-32(25)33-28-20-16-26(17-21-28)24-27-18-22-31(23-19-27)34(29-11-4-2-5-12-29)30-13-6-3-7-14-30;2*26-5-1(6(27)14(35)21(42)13(5)34)25(2-7(28)15(36)22(43)16(37)8(2)29,3-9(30)17(38)23(44)18(39)10(3)31)4-11(32)19(40)24(45)20(41)12(4)33/h2-23H,24H2,1H3;;/q+2;2*-1. The molecule has 0 amide bonds. The molecule has 0 nitrogen and oxygen atoms in total. The quantitative estimate of drug-likeness (QED) is 0.0240. The summed E-state index contributed by atoms with van der Waals surface area (Å²) in [5.41, 5.74) is -24.5. The number of hydrogen-bond acceptors (Lipinski definition) is 0. The van der Waals surface area contributed by atoms with Crippen LogP contribution in [0.15, 0.2) is 148 Å². The fourth-order valence-corrected chi connectivity index (χ4v) is 18.2. The first kappa shape index (κ1) is 93.0. The van der Waals surface area contributed by atoms with E-state index in [1.165, 1.54) is 38.5 Å². The van der Waals surface area contributed by atoms with Crippen molar-refractivity contribution < 1.29 is 197 Å². The predicted octanol–water partition coefficient (Wildman–Crippen LogP) is 16.5.